The van der Waals surface area contributed by atoms with E-state index in [1.165, 1.54) is 12.8 Å². The number of H-pyrrole nitrogens is 1. The van der Waals surface area contributed by atoms with Gasteiger partial charge in [-0.1, -0.05) is 18.0 Å². The molecule has 0 aromatic carbocycles. The van der Waals surface area contributed by atoms with Crippen molar-refractivity contribution in [1.82, 2.24) is 15.1 Å². The van der Waals surface area contributed by atoms with Crippen molar-refractivity contribution in [2.75, 3.05) is 0 Å². The monoisotopic (exact) mass is 232 g/mol. The second kappa shape index (κ2) is 4.00. The van der Waals surface area contributed by atoms with E-state index in [2.05, 4.69) is 15.1 Å². The number of aromatic nitrogens is 3. The van der Waals surface area contributed by atoms with Crippen LogP contribution in [0.25, 0.3) is 11.5 Å². The molecule has 2 heterocycles. The lowest BCUT2D eigenvalue weighted by molar-refractivity contribution is 0.329. The van der Waals surface area contributed by atoms with E-state index in [9.17, 15) is 0 Å². The Morgan fingerprint density at radius 1 is 1.41 bits per heavy atom. The van der Waals surface area contributed by atoms with Gasteiger partial charge in [0.25, 0.3) is 0 Å². The molecule has 0 bridgehead atoms. The number of nitrogens with zero attached hydrogens (tertiary/aromatic N) is 2. The summed E-state index contributed by atoms with van der Waals surface area (Å²) >= 11 is 0. The van der Waals surface area contributed by atoms with Gasteiger partial charge in [0.2, 0.25) is 11.7 Å². The molecule has 2 aromatic heterocycles. The molecule has 0 aliphatic heterocycles. The number of nitrogens with one attached hydrogen (secondary N) is 1. The van der Waals surface area contributed by atoms with Crippen LogP contribution in [0.4, 0.5) is 0 Å². The SMILES string of the molecule is NC1(Cc2nc(-c3ccc[nH]3)no2)CCCC1. The van der Waals surface area contributed by atoms with Crippen molar-refractivity contribution in [2.24, 2.45) is 5.73 Å². The summed E-state index contributed by atoms with van der Waals surface area (Å²) in [6, 6.07) is 3.83. The van der Waals surface area contributed by atoms with Crippen LogP contribution >= 0.6 is 0 Å². The molecule has 5 heteroatoms. The summed E-state index contributed by atoms with van der Waals surface area (Å²) in [6.45, 7) is 0. The average molecular weight is 232 g/mol. The number of rotatable bonds is 3. The standard InChI is InChI=1S/C12H16N4O/c13-12(5-1-2-6-12)8-10-15-11(16-17-10)9-4-3-7-14-9/h3-4,7,14H,1-2,5-6,8,13H2. The lowest BCUT2D eigenvalue weighted by atomic mass is 9.95. The molecule has 17 heavy (non-hydrogen) atoms. The van der Waals surface area contributed by atoms with E-state index in [0.717, 1.165) is 18.5 Å². The normalized spacial score (nSPS) is 18.6. The second-order valence-electron chi connectivity index (χ2n) is 4.84. The third-order valence-corrected chi connectivity index (χ3v) is 3.41. The van der Waals surface area contributed by atoms with Gasteiger partial charge in [-0.2, -0.15) is 4.98 Å². The fourth-order valence-electron chi connectivity index (χ4n) is 2.46. The molecular weight excluding hydrogens is 216 g/mol. The Morgan fingerprint density at radius 3 is 2.94 bits per heavy atom. The fourth-order valence-corrected chi connectivity index (χ4v) is 2.46. The predicted molar refractivity (Wildman–Crippen MR) is 63.2 cm³/mol. The molecular formula is C12H16N4O. The molecule has 3 rings (SSSR count). The van der Waals surface area contributed by atoms with Gasteiger partial charge >= 0.3 is 0 Å². The van der Waals surface area contributed by atoms with Gasteiger partial charge in [0.1, 0.15) is 0 Å². The molecule has 0 saturated heterocycles. The first-order chi connectivity index (χ1) is 8.25. The van der Waals surface area contributed by atoms with Crippen LogP contribution in [0.1, 0.15) is 31.6 Å². The van der Waals surface area contributed by atoms with Crippen molar-refractivity contribution in [2.45, 2.75) is 37.6 Å². The lowest BCUT2D eigenvalue weighted by Gasteiger charge is -2.20. The minimum atomic E-state index is -0.139. The van der Waals surface area contributed by atoms with E-state index in [0.29, 0.717) is 18.1 Å². The Labute approximate surface area is 99.4 Å². The fraction of sp³-hybridized carbons (Fsp3) is 0.500. The lowest BCUT2D eigenvalue weighted by Crippen LogP contribution is -2.38. The zero-order chi connectivity index (χ0) is 11.7. The molecule has 3 N–H and O–H groups in total. The van der Waals surface area contributed by atoms with E-state index >= 15 is 0 Å². The molecule has 2 aromatic rings. The van der Waals surface area contributed by atoms with Gasteiger partial charge in [-0.3, -0.25) is 0 Å². The zero-order valence-electron chi connectivity index (χ0n) is 9.65. The highest BCUT2D eigenvalue weighted by molar-refractivity contribution is 5.47. The highest BCUT2D eigenvalue weighted by atomic mass is 16.5. The van der Waals surface area contributed by atoms with Gasteiger partial charge < -0.3 is 15.2 Å². The summed E-state index contributed by atoms with van der Waals surface area (Å²) in [5.74, 6) is 1.24. The maximum absolute atomic E-state index is 6.28. The summed E-state index contributed by atoms with van der Waals surface area (Å²) in [5, 5.41) is 3.96. The first-order valence-electron chi connectivity index (χ1n) is 6.00. The van der Waals surface area contributed by atoms with Crippen molar-refractivity contribution >= 4 is 0 Å². The molecule has 0 unspecified atom stereocenters. The topological polar surface area (TPSA) is 80.7 Å². The second-order valence-corrected chi connectivity index (χ2v) is 4.84. The maximum atomic E-state index is 6.28. The van der Waals surface area contributed by atoms with Crippen LogP contribution in [-0.2, 0) is 6.42 Å². The number of hydrogen-bond donors (Lipinski definition) is 2. The largest absolute Gasteiger partial charge is 0.359 e. The van der Waals surface area contributed by atoms with Crippen LogP contribution in [0.5, 0.6) is 0 Å². The summed E-state index contributed by atoms with van der Waals surface area (Å²) in [5.41, 5.74) is 7.02. The first-order valence-corrected chi connectivity index (χ1v) is 6.00. The molecule has 0 amide bonds. The van der Waals surface area contributed by atoms with Crippen molar-refractivity contribution in [3.05, 3.63) is 24.2 Å². The summed E-state index contributed by atoms with van der Waals surface area (Å²) in [4.78, 5) is 7.43. The summed E-state index contributed by atoms with van der Waals surface area (Å²) < 4.78 is 5.25. The van der Waals surface area contributed by atoms with E-state index in [-0.39, 0.29) is 5.54 Å². The van der Waals surface area contributed by atoms with Crippen molar-refractivity contribution in [1.29, 1.82) is 0 Å². The maximum Gasteiger partial charge on any atom is 0.228 e. The Hall–Kier alpha value is -1.62. The molecule has 0 spiro atoms. The van der Waals surface area contributed by atoms with Crippen LogP contribution in [0.15, 0.2) is 22.9 Å². The van der Waals surface area contributed by atoms with Crippen LogP contribution in [-0.4, -0.2) is 20.7 Å². The van der Waals surface area contributed by atoms with Gasteiger partial charge in [0.05, 0.1) is 5.69 Å². The van der Waals surface area contributed by atoms with Gasteiger partial charge in [0, 0.05) is 18.2 Å². The van der Waals surface area contributed by atoms with Crippen molar-refractivity contribution < 1.29 is 4.52 Å². The molecule has 90 valence electrons. The summed E-state index contributed by atoms with van der Waals surface area (Å²) in [6.07, 6.45) is 7.02. The Bertz CT molecular complexity index is 482. The van der Waals surface area contributed by atoms with Gasteiger partial charge in [0.15, 0.2) is 0 Å². The number of hydrogen-bond acceptors (Lipinski definition) is 4. The molecule has 0 atom stereocenters. The van der Waals surface area contributed by atoms with Crippen LogP contribution in [0.3, 0.4) is 0 Å². The van der Waals surface area contributed by atoms with Crippen LogP contribution in [0.2, 0.25) is 0 Å². The van der Waals surface area contributed by atoms with E-state index in [1.807, 2.05) is 18.3 Å². The van der Waals surface area contributed by atoms with E-state index in [4.69, 9.17) is 10.3 Å². The minimum absolute atomic E-state index is 0.139. The predicted octanol–water partition coefficient (Wildman–Crippen LogP) is 1.88. The van der Waals surface area contributed by atoms with Crippen molar-refractivity contribution in [3.8, 4) is 11.5 Å². The van der Waals surface area contributed by atoms with Gasteiger partial charge in [-0.25, -0.2) is 0 Å². The smallest absolute Gasteiger partial charge is 0.228 e. The third kappa shape index (κ3) is 2.10. The molecule has 1 saturated carbocycles. The number of nitrogens with two attached hydrogens (primary N) is 1. The first kappa shape index (κ1) is 10.5. The van der Waals surface area contributed by atoms with Crippen LogP contribution < -0.4 is 5.73 Å². The average Bonchev–Trinajstić information content (AvgIpc) is 2.98. The van der Waals surface area contributed by atoms with E-state index in [1.54, 1.807) is 0 Å². The molecule has 1 aliphatic carbocycles. The number of aromatic amines is 1. The van der Waals surface area contributed by atoms with E-state index < -0.39 is 0 Å². The highest BCUT2D eigenvalue weighted by Crippen LogP contribution is 2.30. The summed E-state index contributed by atoms with van der Waals surface area (Å²) in [7, 11) is 0. The highest BCUT2D eigenvalue weighted by Gasteiger charge is 2.31. The molecule has 5 nitrogen and oxygen atoms in total. The van der Waals surface area contributed by atoms with Crippen molar-refractivity contribution in [3.63, 3.8) is 0 Å². The van der Waals surface area contributed by atoms with Gasteiger partial charge in [-0.05, 0) is 25.0 Å². The Balaban J connectivity index is 1.77. The zero-order valence-corrected chi connectivity index (χ0v) is 9.65. The molecule has 1 fully saturated rings. The van der Waals surface area contributed by atoms with Gasteiger partial charge in [-0.15, -0.1) is 0 Å². The molecule has 0 radical (unpaired) electrons. The quantitative estimate of drug-likeness (QED) is 0.846. The molecule has 1 aliphatic rings. The third-order valence-electron chi connectivity index (χ3n) is 3.41. The Kier molecular flexibility index (Phi) is 2.48. The minimum Gasteiger partial charge on any atom is -0.359 e. The van der Waals surface area contributed by atoms with Crippen LogP contribution in [0, 0.1) is 0 Å². The Morgan fingerprint density at radius 2 is 2.24 bits per heavy atom.